The molecule has 0 fully saturated rings. The summed E-state index contributed by atoms with van der Waals surface area (Å²) in [6, 6.07) is 6.87. The molecule has 142 valence electrons. The van der Waals surface area contributed by atoms with Gasteiger partial charge in [0.25, 0.3) is 10.0 Å². The van der Waals surface area contributed by atoms with Gasteiger partial charge in [-0.1, -0.05) is 25.5 Å². The number of ether oxygens (including phenoxy) is 1. The fourth-order valence-corrected chi connectivity index (χ4v) is 4.90. The van der Waals surface area contributed by atoms with Gasteiger partial charge in [-0.05, 0) is 56.9 Å². The van der Waals surface area contributed by atoms with Gasteiger partial charge in [-0.25, -0.2) is 13.2 Å². The van der Waals surface area contributed by atoms with Crippen molar-refractivity contribution in [1.29, 1.82) is 0 Å². The number of hydrogen-bond donors (Lipinski definition) is 1. The second kappa shape index (κ2) is 8.68. The lowest BCUT2D eigenvalue weighted by molar-refractivity contribution is 0.0527. The van der Waals surface area contributed by atoms with Gasteiger partial charge < -0.3 is 4.74 Å². The molecule has 0 saturated carbocycles. The lowest BCUT2D eigenvalue weighted by Gasteiger charge is -2.10. The van der Waals surface area contributed by atoms with Crippen LogP contribution in [0.1, 0.15) is 53.1 Å². The molecule has 26 heavy (non-hydrogen) atoms. The average Bonchev–Trinajstić information content (AvgIpc) is 2.87. The maximum atomic E-state index is 12.7. The molecule has 0 saturated heterocycles. The number of esters is 1. The van der Waals surface area contributed by atoms with Crippen LogP contribution in [0.15, 0.2) is 29.2 Å². The first-order valence-electron chi connectivity index (χ1n) is 8.69. The predicted octanol–water partition coefficient (Wildman–Crippen LogP) is 4.69. The molecule has 0 spiro atoms. The van der Waals surface area contributed by atoms with Crippen molar-refractivity contribution >= 4 is 32.3 Å². The number of aryl methyl sites for hydroxylation is 2. The third kappa shape index (κ3) is 4.65. The van der Waals surface area contributed by atoms with E-state index < -0.39 is 16.0 Å². The Bertz CT molecular complexity index is 868. The summed E-state index contributed by atoms with van der Waals surface area (Å²) in [5.74, 6) is -0.512. The molecule has 1 N–H and O–H groups in total. The average molecular weight is 396 g/mol. The topological polar surface area (TPSA) is 72.5 Å². The molecule has 5 nitrogen and oxygen atoms in total. The molecule has 2 aromatic rings. The van der Waals surface area contributed by atoms with Gasteiger partial charge in [-0.3, -0.25) is 4.72 Å². The molecule has 0 bridgehead atoms. The minimum atomic E-state index is -3.77. The first-order valence-corrected chi connectivity index (χ1v) is 11.0. The zero-order valence-corrected chi connectivity index (χ0v) is 17.2. The fourth-order valence-electron chi connectivity index (χ4n) is 2.55. The highest BCUT2D eigenvalue weighted by Gasteiger charge is 2.24. The van der Waals surface area contributed by atoms with Crippen LogP contribution in [0.4, 0.5) is 5.00 Å². The van der Waals surface area contributed by atoms with E-state index in [-0.39, 0.29) is 17.1 Å². The molecule has 0 aliphatic rings. The summed E-state index contributed by atoms with van der Waals surface area (Å²) in [6.07, 6.45) is 3.09. The smallest absolute Gasteiger partial charge is 0.341 e. The zero-order chi connectivity index (χ0) is 19.3. The van der Waals surface area contributed by atoms with Crippen molar-refractivity contribution in [2.45, 2.75) is 51.9 Å². The highest BCUT2D eigenvalue weighted by atomic mass is 32.2. The van der Waals surface area contributed by atoms with Crippen LogP contribution >= 0.6 is 11.3 Å². The molecular weight excluding hydrogens is 370 g/mol. The van der Waals surface area contributed by atoms with E-state index in [1.165, 1.54) is 11.3 Å². The Morgan fingerprint density at radius 1 is 1.15 bits per heavy atom. The molecule has 7 heteroatoms. The number of carbonyl (C=O) groups excluding carboxylic acids is 1. The summed E-state index contributed by atoms with van der Waals surface area (Å²) in [6.45, 7) is 7.71. The molecule has 2 rings (SSSR count). The zero-order valence-electron chi connectivity index (χ0n) is 15.6. The molecule has 0 unspecified atom stereocenters. The van der Waals surface area contributed by atoms with Crippen molar-refractivity contribution in [2.24, 2.45) is 0 Å². The molecule has 0 aliphatic carbocycles. The molecular formula is C19H25NO4S2. The van der Waals surface area contributed by atoms with Crippen LogP contribution < -0.4 is 4.72 Å². The summed E-state index contributed by atoms with van der Waals surface area (Å²) in [7, 11) is -3.77. The molecule has 0 aliphatic heterocycles. The van der Waals surface area contributed by atoms with E-state index in [0.29, 0.717) is 5.00 Å². The molecule has 0 atom stereocenters. The summed E-state index contributed by atoms with van der Waals surface area (Å²) in [4.78, 5) is 13.3. The Kier molecular flexibility index (Phi) is 6.83. The number of benzene rings is 1. The number of rotatable bonds is 8. The van der Waals surface area contributed by atoms with Crippen molar-refractivity contribution in [1.82, 2.24) is 0 Å². The Labute approximate surface area is 159 Å². The highest BCUT2D eigenvalue weighted by Crippen LogP contribution is 2.34. The van der Waals surface area contributed by atoms with Gasteiger partial charge in [-0.15, -0.1) is 11.3 Å². The summed E-state index contributed by atoms with van der Waals surface area (Å²) in [5.41, 5.74) is 2.14. The van der Waals surface area contributed by atoms with Crippen molar-refractivity contribution in [2.75, 3.05) is 11.3 Å². The third-order valence-corrected chi connectivity index (χ3v) is 6.76. The van der Waals surface area contributed by atoms with Crippen LogP contribution in [0, 0.1) is 13.8 Å². The van der Waals surface area contributed by atoms with Crippen LogP contribution in [-0.2, 0) is 21.2 Å². The Morgan fingerprint density at radius 2 is 1.81 bits per heavy atom. The number of unbranched alkanes of at least 4 members (excludes halogenated alkanes) is 1. The van der Waals surface area contributed by atoms with Gasteiger partial charge in [0.1, 0.15) is 5.00 Å². The Balaban J connectivity index is 2.29. The van der Waals surface area contributed by atoms with Crippen LogP contribution in [0.2, 0.25) is 0 Å². The van der Waals surface area contributed by atoms with Crippen LogP contribution in [0.25, 0.3) is 0 Å². The number of anilines is 1. The maximum absolute atomic E-state index is 12.7. The van der Waals surface area contributed by atoms with E-state index in [1.807, 2.05) is 19.1 Å². The lowest BCUT2D eigenvalue weighted by atomic mass is 10.1. The second-order valence-corrected chi connectivity index (χ2v) is 8.97. The van der Waals surface area contributed by atoms with Gasteiger partial charge >= 0.3 is 5.97 Å². The van der Waals surface area contributed by atoms with Gasteiger partial charge in [0.05, 0.1) is 17.1 Å². The number of nitrogens with one attached hydrogen (secondary N) is 1. The lowest BCUT2D eigenvalue weighted by Crippen LogP contribution is -2.15. The van der Waals surface area contributed by atoms with Gasteiger partial charge in [-0.2, -0.15) is 0 Å². The standard InChI is InChI=1S/C19H25NO4S2/c1-5-7-8-15-9-11-16(12-10-15)26(22,23)20-18-17(19(21)24-6-2)13(3)14(4)25-18/h9-12,20H,5-8H2,1-4H3. The first-order chi connectivity index (χ1) is 12.3. The number of sulfonamides is 1. The predicted molar refractivity (Wildman–Crippen MR) is 106 cm³/mol. The SMILES string of the molecule is CCCCc1ccc(S(=O)(=O)Nc2sc(C)c(C)c2C(=O)OCC)cc1. The minimum Gasteiger partial charge on any atom is -0.462 e. The summed E-state index contributed by atoms with van der Waals surface area (Å²) in [5, 5.41) is 0.300. The summed E-state index contributed by atoms with van der Waals surface area (Å²) >= 11 is 1.24. The maximum Gasteiger partial charge on any atom is 0.341 e. The highest BCUT2D eigenvalue weighted by molar-refractivity contribution is 7.93. The van der Waals surface area contributed by atoms with E-state index in [4.69, 9.17) is 4.74 Å². The number of thiophene rings is 1. The number of carbonyl (C=O) groups is 1. The quantitative estimate of drug-likeness (QED) is 0.659. The third-order valence-electron chi connectivity index (χ3n) is 4.14. The molecule has 0 radical (unpaired) electrons. The van der Waals surface area contributed by atoms with E-state index >= 15 is 0 Å². The molecule has 0 amide bonds. The number of hydrogen-bond acceptors (Lipinski definition) is 5. The van der Waals surface area contributed by atoms with E-state index in [1.54, 1.807) is 26.0 Å². The normalized spacial score (nSPS) is 11.4. The minimum absolute atomic E-state index is 0.177. The van der Waals surface area contributed by atoms with Crippen molar-refractivity contribution in [3.63, 3.8) is 0 Å². The van der Waals surface area contributed by atoms with Crippen LogP contribution in [-0.4, -0.2) is 21.0 Å². The molecule has 1 aromatic carbocycles. The molecule has 1 heterocycles. The van der Waals surface area contributed by atoms with Gasteiger partial charge in [0.15, 0.2) is 0 Å². The Morgan fingerprint density at radius 3 is 2.38 bits per heavy atom. The summed E-state index contributed by atoms with van der Waals surface area (Å²) < 4.78 is 33.1. The largest absolute Gasteiger partial charge is 0.462 e. The van der Waals surface area contributed by atoms with Crippen molar-refractivity contribution in [3.8, 4) is 0 Å². The van der Waals surface area contributed by atoms with Crippen molar-refractivity contribution in [3.05, 3.63) is 45.8 Å². The van der Waals surface area contributed by atoms with Gasteiger partial charge in [0, 0.05) is 4.88 Å². The second-order valence-electron chi connectivity index (χ2n) is 6.06. The Hall–Kier alpha value is -1.86. The molecule has 1 aromatic heterocycles. The van der Waals surface area contributed by atoms with Gasteiger partial charge in [0.2, 0.25) is 0 Å². The van der Waals surface area contributed by atoms with Crippen LogP contribution in [0.3, 0.4) is 0 Å². The van der Waals surface area contributed by atoms with Crippen LogP contribution in [0.5, 0.6) is 0 Å². The van der Waals surface area contributed by atoms with E-state index in [9.17, 15) is 13.2 Å². The van der Waals surface area contributed by atoms with E-state index in [2.05, 4.69) is 11.6 Å². The first kappa shape index (κ1) is 20.5. The van der Waals surface area contributed by atoms with Crippen molar-refractivity contribution < 1.29 is 17.9 Å². The van der Waals surface area contributed by atoms with E-state index in [0.717, 1.165) is 35.3 Å². The fraction of sp³-hybridized carbons (Fsp3) is 0.421. The monoisotopic (exact) mass is 395 g/mol.